The van der Waals surface area contributed by atoms with E-state index < -0.39 is 5.82 Å². The number of hydrogen-bond acceptors (Lipinski definition) is 12. The lowest BCUT2D eigenvalue weighted by Crippen LogP contribution is -2.44. The minimum atomic E-state index is -0.508. The Kier molecular flexibility index (Phi) is 19.6. The predicted molar refractivity (Wildman–Crippen MR) is 290 cm³/mol. The molecule has 386 valence electrons. The van der Waals surface area contributed by atoms with Crippen molar-refractivity contribution in [2.75, 3.05) is 85.0 Å². The Hall–Kier alpha value is -6.11. The average Bonchev–Trinajstić information content (AvgIpc) is 3.81. The number of rotatable bonds is 8. The monoisotopic (exact) mass is 984 g/mol. The summed E-state index contributed by atoms with van der Waals surface area (Å²) in [6.45, 7) is 28.4. The maximum atomic E-state index is 16.1. The second-order valence-electron chi connectivity index (χ2n) is 19.7. The fourth-order valence-corrected chi connectivity index (χ4v) is 9.85. The highest BCUT2D eigenvalue weighted by Crippen LogP contribution is 2.38. The van der Waals surface area contributed by atoms with Crippen molar-refractivity contribution in [3.8, 4) is 41.1 Å². The number of phenolic OH excluding ortho intramolecular Hbond substituents is 2. The topological polar surface area (TPSA) is 125 Å². The number of piperazine rings is 2. The van der Waals surface area contributed by atoms with Gasteiger partial charge in [-0.15, -0.1) is 6.42 Å². The van der Waals surface area contributed by atoms with Gasteiger partial charge in [0.1, 0.15) is 28.5 Å². The Morgan fingerprint density at radius 1 is 0.903 bits per heavy atom. The van der Waals surface area contributed by atoms with Crippen LogP contribution in [0.1, 0.15) is 99.2 Å². The summed E-state index contributed by atoms with van der Waals surface area (Å²) in [6, 6.07) is 16.6. The number of carbonyl (C=O) groups is 1. The normalized spacial score (nSPS) is 19.6. The summed E-state index contributed by atoms with van der Waals surface area (Å²) in [5, 5.41) is 19.3. The summed E-state index contributed by atoms with van der Waals surface area (Å²) in [6.07, 6.45) is 13.0. The maximum absolute atomic E-state index is 16.1. The number of carbonyl (C=O) groups excluding carboxylic acids is 1. The number of halogens is 1. The van der Waals surface area contributed by atoms with Gasteiger partial charge in [0.2, 0.25) is 6.41 Å². The highest BCUT2D eigenvalue weighted by Gasteiger charge is 2.44. The van der Waals surface area contributed by atoms with Crippen LogP contribution in [-0.4, -0.2) is 148 Å². The standard InChI is InChI=1S/C26H26FN5O.C15H21N3O.C10H14O2.C5H11N.C2H6/c1-6-17(7-2)21-15(3)9-8-10-19(21)23-22(27)24-20(11-28-23)25(30-26(29-24)33-5)31-12-16(4)32-14-18(32)13-31;1-16-4-6-17(7-5-16)9-13-2-3-14-10-18(12-19)11-15(14)8-13;1-6(2)8-4-7(3)9(11)5-10(8)12;1-6-4-2-3-5-6;1-2/h1,7-11,16,18H,12-14H2,2-5H3;2-3,8,12H,4-7,9-11H2,1H3;4-6,11-12H,1-3H3;2-5H2,1H3;1-2H3/b17-7-;;;;. The minimum absolute atomic E-state index is 0.140. The number of likely N-dealkylation sites (N-methyl/N-ethyl adjacent to an activating group) is 1. The number of hydrogen-bond donors (Lipinski definition) is 2. The van der Waals surface area contributed by atoms with E-state index in [1.54, 1.807) is 6.20 Å². The van der Waals surface area contributed by atoms with E-state index in [4.69, 9.17) is 11.2 Å². The number of aryl methyl sites for hydroxylation is 2. The maximum Gasteiger partial charge on any atom is 0.318 e. The second-order valence-corrected chi connectivity index (χ2v) is 19.7. The third kappa shape index (κ3) is 13.5. The number of nitrogens with zero attached hydrogens (tertiary/aromatic N) is 9. The van der Waals surface area contributed by atoms with Crippen LogP contribution in [0, 0.1) is 32.0 Å². The third-order valence-corrected chi connectivity index (χ3v) is 14.1. The fraction of sp³-hybridized carbons (Fsp3) is 0.483. The number of terminal acetylenes is 1. The Labute approximate surface area is 428 Å². The number of benzene rings is 3. The zero-order chi connectivity index (χ0) is 52.2. The SMILES string of the molecule is C#C/C(=C/C)c1c(C)cccc1-c1ncc2c(N3CC(C)N4CC4C3)nc(OC)nc2c1F.CC.CN1CCCC1.CN1CCN(Cc2ccc3c(c2)CN(C=O)C3)CC1.Cc1cc(C(C)C)c(O)cc1O. The molecule has 3 atom stereocenters. The summed E-state index contributed by atoms with van der Waals surface area (Å²) in [4.78, 5) is 38.1. The van der Waals surface area contributed by atoms with Gasteiger partial charge in [-0.05, 0) is 113 Å². The van der Waals surface area contributed by atoms with Gasteiger partial charge in [0.25, 0.3) is 0 Å². The van der Waals surface area contributed by atoms with Crippen LogP contribution in [0.4, 0.5) is 10.2 Å². The van der Waals surface area contributed by atoms with Gasteiger partial charge >= 0.3 is 6.01 Å². The first-order valence-electron chi connectivity index (χ1n) is 25.7. The van der Waals surface area contributed by atoms with Crippen molar-refractivity contribution in [3.63, 3.8) is 0 Å². The number of allylic oxidation sites excluding steroid dienone is 2. The molecule has 0 aliphatic carbocycles. The van der Waals surface area contributed by atoms with E-state index in [0.29, 0.717) is 34.4 Å². The molecule has 0 bridgehead atoms. The number of aromatic hydroxyl groups is 2. The molecule has 2 aromatic heterocycles. The summed E-state index contributed by atoms with van der Waals surface area (Å²) < 4.78 is 21.4. The Morgan fingerprint density at radius 3 is 2.21 bits per heavy atom. The molecule has 14 heteroatoms. The molecule has 5 aromatic rings. The highest BCUT2D eigenvalue weighted by atomic mass is 19.1. The smallest absolute Gasteiger partial charge is 0.318 e. The number of anilines is 1. The van der Waals surface area contributed by atoms with Gasteiger partial charge in [0, 0.05) is 106 Å². The minimum Gasteiger partial charge on any atom is -0.508 e. The van der Waals surface area contributed by atoms with Crippen LogP contribution in [0.5, 0.6) is 17.5 Å². The number of methoxy groups -OCH3 is 1. The number of aromatic nitrogens is 3. The van der Waals surface area contributed by atoms with E-state index in [9.17, 15) is 15.0 Å². The van der Waals surface area contributed by atoms with Crippen molar-refractivity contribution >= 4 is 28.7 Å². The van der Waals surface area contributed by atoms with E-state index in [1.807, 2.05) is 83.7 Å². The molecule has 10 rings (SSSR count). The lowest BCUT2D eigenvalue weighted by molar-refractivity contribution is -0.118. The predicted octanol–water partition coefficient (Wildman–Crippen LogP) is 9.25. The summed E-state index contributed by atoms with van der Waals surface area (Å²) >= 11 is 0. The molecule has 13 nitrogen and oxygen atoms in total. The van der Waals surface area contributed by atoms with Crippen molar-refractivity contribution < 1.29 is 24.1 Å². The molecule has 1 amide bonds. The first-order valence-corrected chi connectivity index (χ1v) is 25.7. The van der Waals surface area contributed by atoms with Crippen molar-refractivity contribution in [2.24, 2.45) is 0 Å². The first-order chi connectivity index (χ1) is 34.6. The largest absolute Gasteiger partial charge is 0.508 e. The van der Waals surface area contributed by atoms with Gasteiger partial charge in [-0.25, -0.2) is 4.39 Å². The molecule has 72 heavy (non-hydrogen) atoms. The number of phenols is 2. The molecular formula is C58H78FN9O4. The van der Waals surface area contributed by atoms with Crippen LogP contribution in [0.3, 0.4) is 0 Å². The molecule has 0 spiro atoms. The summed E-state index contributed by atoms with van der Waals surface area (Å²) in [5.41, 5.74) is 9.17. The summed E-state index contributed by atoms with van der Waals surface area (Å²) in [7, 11) is 5.85. The highest BCUT2D eigenvalue weighted by molar-refractivity contribution is 5.95. The van der Waals surface area contributed by atoms with E-state index >= 15 is 4.39 Å². The fourth-order valence-electron chi connectivity index (χ4n) is 9.85. The van der Waals surface area contributed by atoms with E-state index in [0.717, 1.165) is 94.1 Å². The van der Waals surface area contributed by atoms with Gasteiger partial charge in [-0.1, -0.05) is 76.1 Å². The molecular weight excluding hydrogens is 906 g/mol. The van der Waals surface area contributed by atoms with Gasteiger partial charge in [0.05, 0.1) is 12.5 Å². The summed E-state index contributed by atoms with van der Waals surface area (Å²) in [5.74, 6) is 3.47. The van der Waals surface area contributed by atoms with Crippen molar-refractivity contribution in [1.82, 2.24) is 39.5 Å². The van der Waals surface area contributed by atoms with Crippen molar-refractivity contribution in [3.05, 3.63) is 106 Å². The van der Waals surface area contributed by atoms with Gasteiger partial charge < -0.3 is 34.5 Å². The molecule has 7 heterocycles. The first kappa shape index (κ1) is 55.2. The number of pyridine rings is 1. The number of ether oxygens (including phenoxy) is 1. The van der Waals surface area contributed by atoms with Crippen LogP contribution in [0.25, 0.3) is 27.7 Å². The Balaban J connectivity index is 0.000000182. The molecule has 2 N–H and O–H groups in total. The number of fused-ring (bicyclic) bond motifs is 3. The van der Waals surface area contributed by atoms with E-state index in [2.05, 4.69) is 84.6 Å². The number of amides is 1. The van der Waals surface area contributed by atoms with E-state index in [1.165, 1.54) is 55.8 Å². The van der Waals surface area contributed by atoms with Crippen LogP contribution >= 0.6 is 0 Å². The molecule has 3 aromatic carbocycles. The third-order valence-electron chi connectivity index (χ3n) is 14.1. The quantitative estimate of drug-likeness (QED) is 0.0876. The molecule has 3 unspecified atom stereocenters. The molecule has 4 saturated heterocycles. The van der Waals surface area contributed by atoms with Crippen LogP contribution in [-0.2, 0) is 24.4 Å². The number of likely N-dealkylation sites (tertiary alicyclic amines) is 1. The van der Waals surface area contributed by atoms with Gasteiger partial charge in [0.15, 0.2) is 5.82 Å². The van der Waals surface area contributed by atoms with Crippen molar-refractivity contribution in [1.29, 1.82) is 0 Å². The zero-order valence-corrected chi connectivity index (χ0v) is 44.7. The molecule has 5 aliphatic heterocycles. The van der Waals surface area contributed by atoms with Crippen LogP contribution in [0.15, 0.2) is 60.8 Å². The average molecular weight is 984 g/mol. The second kappa shape index (κ2) is 25.5. The van der Waals surface area contributed by atoms with Crippen LogP contribution < -0.4 is 9.64 Å². The van der Waals surface area contributed by atoms with Gasteiger partial charge in [-0.2, -0.15) is 9.97 Å². The van der Waals surface area contributed by atoms with Gasteiger partial charge in [-0.3, -0.25) is 19.6 Å². The molecule has 4 fully saturated rings. The van der Waals surface area contributed by atoms with Crippen molar-refractivity contribution in [2.45, 2.75) is 106 Å². The Bertz CT molecular complexity index is 2710. The van der Waals surface area contributed by atoms with Crippen LogP contribution in [0.2, 0.25) is 0 Å². The lowest BCUT2D eigenvalue weighted by Gasteiger charge is -2.33. The van der Waals surface area contributed by atoms with E-state index in [-0.39, 0.29) is 34.6 Å². The molecule has 5 aliphatic rings. The molecule has 0 saturated carbocycles. The molecule has 0 radical (unpaired) electrons. The zero-order valence-electron chi connectivity index (χ0n) is 44.7. The lowest BCUT2D eigenvalue weighted by atomic mass is 9.92. The Morgan fingerprint density at radius 2 is 1.60 bits per heavy atom.